The number of para-hydroxylation sites is 2. The van der Waals surface area contributed by atoms with E-state index in [1.54, 1.807) is 23.1 Å². The standard InChI is InChI=1S/C49H60F3N5OS2/c1-2-3-4-5-6-10-13-20-30-53-46-43(38-26-16-18-28-40(38)55-46)42-33-59-34-57(42)48(58)44-45(60-47(56-44)41-32-36-24-15-17-27-39(36)54-41)37-25-21-23-35(31-37)22-14-11-8-7-9-12-19-29-49(50,51)52/h15-18,21,23-28,31-32,42,53-55H,2-14,19-20,22,29-30,33-34H2,1H3/t42-/m0/s1. The van der Waals surface area contributed by atoms with Gasteiger partial charge < -0.3 is 20.2 Å². The number of carbonyl (C=O) groups excluding carboxylic acids is 1. The molecule has 1 aliphatic heterocycles. The molecule has 6 aromatic rings. The Balaban J connectivity index is 1.09. The zero-order valence-electron chi connectivity index (χ0n) is 35.0. The first-order valence-electron chi connectivity index (χ1n) is 22.3. The minimum absolute atomic E-state index is 0.0569. The van der Waals surface area contributed by atoms with Crippen LogP contribution in [0.2, 0.25) is 0 Å². The van der Waals surface area contributed by atoms with E-state index in [0.717, 1.165) is 112 Å². The Morgan fingerprint density at radius 3 is 2.27 bits per heavy atom. The van der Waals surface area contributed by atoms with Crippen molar-refractivity contribution in [1.29, 1.82) is 0 Å². The van der Waals surface area contributed by atoms with Gasteiger partial charge in [-0.25, -0.2) is 4.98 Å². The number of H-pyrrole nitrogens is 2. The van der Waals surface area contributed by atoms with Crippen LogP contribution in [0.1, 0.15) is 137 Å². The number of thiazole rings is 1. The molecule has 0 spiro atoms. The number of hydrogen-bond acceptors (Lipinski definition) is 5. The number of benzene rings is 3. The van der Waals surface area contributed by atoms with Gasteiger partial charge in [0.05, 0.1) is 22.5 Å². The van der Waals surface area contributed by atoms with Crippen LogP contribution < -0.4 is 5.32 Å². The van der Waals surface area contributed by atoms with E-state index in [1.807, 2.05) is 17.0 Å². The third-order valence-electron chi connectivity index (χ3n) is 11.8. The zero-order chi connectivity index (χ0) is 41.7. The monoisotopic (exact) mass is 855 g/mol. The molecule has 3 N–H and O–H groups in total. The van der Waals surface area contributed by atoms with Gasteiger partial charge in [0.1, 0.15) is 16.5 Å². The average molecular weight is 856 g/mol. The summed E-state index contributed by atoms with van der Waals surface area (Å²) in [5.41, 5.74) is 6.83. The predicted octanol–water partition coefficient (Wildman–Crippen LogP) is 15.1. The SMILES string of the molecule is CCCCCCCCCCNc1[nH]c2ccccc2c1[C@@H]1CSCN1C(=O)c1nc(-c2cc3ccccc3[nH]2)sc1-c1cccc(CCCCCCCCCC(F)(F)F)c1. The first-order chi connectivity index (χ1) is 29.3. The fraction of sp³-hybridized carbons (Fsp3) is 0.469. The number of nitrogens with one attached hydrogen (secondary N) is 3. The summed E-state index contributed by atoms with van der Waals surface area (Å²) in [4.78, 5) is 30.4. The van der Waals surface area contributed by atoms with Crippen LogP contribution in [0.4, 0.5) is 19.0 Å². The second kappa shape index (κ2) is 21.5. The second-order valence-corrected chi connectivity index (χ2v) is 18.4. The Labute approximate surface area is 361 Å². The summed E-state index contributed by atoms with van der Waals surface area (Å²) in [6.45, 7) is 3.14. The van der Waals surface area contributed by atoms with Crippen molar-refractivity contribution in [3.05, 3.63) is 95.7 Å². The lowest BCUT2D eigenvalue weighted by molar-refractivity contribution is -0.135. The van der Waals surface area contributed by atoms with Gasteiger partial charge in [-0.2, -0.15) is 13.2 Å². The van der Waals surface area contributed by atoms with Crippen LogP contribution in [0.3, 0.4) is 0 Å². The summed E-state index contributed by atoms with van der Waals surface area (Å²) in [6.07, 6.45) is 12.1. The van der Waals surface area contributed by atoms with Crippen molar-refractivity contribution in [1.82, 2.24) is 19.9 Å². The number of halogens is 3. The summed E-state index contributed by atoms with van der Waals surface area (Å²) >= 11 is 3.35. The molecule has 1 atom stereocenters. The van der Waals surface area contributed by atoms with Crippen molar-refractivity contribution >= 4 is 56.6 Å². The molecule has 1 amide bonds. The van der Waals surface area contributed by atoms with Gasteiger partial charge >= 0.3 is 6.18 Å². The van der Waals surface area contributed by atoms with Gasteiger partial charge in [0.25, 0.3) is 5.91 Å². The van der Waals surface area contributed by atoms with Crippen LogP contribution in [-0.2, 0) is 6.42 Å². The van der Waals surface area contributed by atoms with Crippen molar-refractivity contribution < 1.29 is 18.0 Å². The van der Waals surface area contributed by atoms with Gasteiger partial charge in [0.2, 0.25) is 0 Å². The normalized spacial score (nSPS) is 14.5. The molecule has 60 heavy (non-hydrogen) atoms. The average Bonchev–Trinajstić information content (AvgIpc) is 4.06. The van der Waals surface area contributed by atoms with E-state index in [2.05, 4.69) is 88.9 Å². The molecule has 6 nitrogen and oxygen atoms in total. The number of aromatic amines is 2. The van der Waals surface area contributed by atoms with Crippen LogP contribution >= 0.6 is 23.1 Å². The fourth-order valence-corrected chi connectivity index (χ4v) is 10.7. The molecule has 4 heterocycles. The van der Waals surface area contributed by atoms with Crippen molar-refractivity contribution in [2.24, 2.45) is 0 Å². The minimum atomic E-state index is -4.05. The quantitative estimate of drug-likeness (QED) is 0.0561. The number of carbonyl (C=O) groups is 1. The highest BCUT2D eigenvalue weighted by molar-refractivity contribution is 7.99. The fourth-order valence-electron chi connectivity index (χ4n) is 8.51. The van der Waals surface area contributed by atoms with Gasteiger partial charge in [-0.3, -0.25) is 4.79 Å². The van der Waals surface area contributed by atoms with Crippen molar-refractivity contribution in [3.8, 4) is 21.1 Å². The molecule has 0 unspecified atom stereocenters. The number of fused-ring (bicyclic) bond motifs is 2. The summed E-state index contributed by atoms with van der Waals surface area (Å²) in [5, 5.41) is 6.79. The molecular weight excluding hydrogens is 796 g/mol. The van der Waals surface area contributed by atoms with Crippen LogP contribution in [0.15, 0.2) is 78.9 Å². The minimum Gasteiger partial charge on any atom is -0.371 e. The lowest BCUT2D eigenvalue weighted by atomic mass is 10.0. The van der Waals surface area contributed by atoms with Gasteiger partial charge in [-0.15, -0.1) is 23.1 Å². The molecule has 0 aliphatic carbocycles. The highest BCUT2D eigenvalue weighted by atomic mass is 32.2. The van der Waals surface area contributed by atoms with Crippen LogP contribution in [0.25, 0.3) is 42.9 Å². The molecule has 0 bridgehead atoms. The maximum absolute atomic E-state index is 15.1. The number of rotatable bonds is 23. The molecule has 1 saturated heterocycles. The highest BCUT2D eigenvalue weighted by Crippen LogP contribution is 2.44. The first-order valence-corrected chi connectivity index (χ1v) is 24.2. The van der Waals surface area contributed by atoms with Crippen LogP contribution in [-0.4, -0.2) is 50.1 Å². The highest BCUT2D eigenvalue weighted by Gasteiger charge is 2.37. The number of aromatic nitrogens is 3. The molecule has 0 saturated carbocycles. The summed E-state index contributed by atoms with van der Waals surface area (Å²) in [7, 11) is 0. The summed E-state index contributed by atoms with van der Waals surface area (Å²) in [5.74, 6) is 2.34. The van der Waals surface area contributed by atoms with E-state index >= 15 is 4.79 Å². The lowest BCUT2D eigenvalue weighted by Crippen LogP contribution is -2.32. The van der Waals surface area contributed by atoms with E-state index in [0.29, 0.717) is 18.0 Å². The maximum atomic E-state index is 15.1. The van der Waals surface area contributed by atoms with Gasteiger partial charge in [0.15, 0.2) is 0 Å². The second-order valence-electron chi connectivity index (χ2n) is 16.4. The van der Waals surface area contributed by atoms with E-state index < -0.39 is 12.6 Å². The molecule has 11 heteroatoms. The number of nitrogens with zero attached hydrogens (tertiary/aromatic N) is 2. The number of anilines is 1. The number of amides is 1. The van der Waals surface area contributed by atoms with Crippen LogP contribution in [0, 0.1) is 0 Å². The molecule has 320 valence electrons. The zero-order valence-corrected chi connectivity index (χ0v) is 36.6. The molecule has 1 fully saturated rings. The lowest BCUT2D eigenvalue weighted by Gasteiger charge is -2.25. The Kier molecular flexibility index (Phi) is 15.7. The van der Waals surface area contributed by atoms with E-state index in [1.165, 1.54) is 50.5 Å². The number of hydrogen-bond donors (Lipinski definition) is 3. The Morgan fingerprint density at radius 2 is 1.50 bits per heavy atom. The first kappa shape index (κ1) is 43.9. The predicted molar refractivity (Wildman–Crippen MR) is 247 cm³/mol. The van der Waals surface area contributed by atoms with E-state index in [4.69, 9.17) is 4.98 Å². The van der Waals surface area contributed by atoms with Gasteiger partial charge in [0, 0.05) is 46.1 Å². The van der Waals surface area contributed by atoms with Gasteiger partial charge in [-0.05, 0) is 55.0 Å². The van der Waals surface area contributed by atoms with E-state index in [-0.39, 0.29) is 18.4 Å². The largest absolute Gasteiger partial charge is 0.389 e. The van der Waals surface area contributed by atoms with E-state index in [9.17, 15) is 13.2 Å². The molecular formula is C49H60F3N5OS2. The number of thioether (sulfide) groups is 1. The number of unbranched alkanes of at least 4 members (excludes halogenated alkanes) is 13. The summed E-state index contributed by atoms with van der Waals surface area (Å²) < 4.78 is 37.4. The smallest absolute Gasteiger partial charge is 0.371 e. The number of aryl methyl sites for hydroxylation is 1. The Bertz CT molecular complexity index is 2240. The molecule has 3 aromatic carbocycles. The van der Waals surface area contributed by atoms with Crippen molar-refractivity contribution in [2.75, 3.05) is 23.5 Å². The third-order valence-corrected chi connectivity index (χ3v) is 13.9. The maximum Gasteiger partial charge on any atom is 0.389 e. The van der Waals surface area contributed by atoms with Gasteiger partial charge in [-0.1, -0.05) is 145 Å². The third kappa shape index (κ3) is 11.6. The topological polar surface area (TPSA) is 76.8 Å². The molecule has 1 aliphatic rings. The number of alkyl halides is 3. The molecule has 7 rings (SSSR count). The Hall–Kier alpha value is -4.22. The molecule has 3 aromatic heterocycles. The van der Waals surface area contributed by atoms with Crippen molar-refractivity contribution in [2.45, 2.75) is 128 Å². The molecule has 0 radical (unpaired) electrons. The Morgan fingerprint density at radius 1 is 0.800 bits per heavy atom. The van der Waals surface area contributed by atoms with Crippen molar-refractivity contribution in [3.63, 3.8) is 0 Å². The van der Waals surface area contributed by atoms with Crippen LogP contribution in [0.5, 0.6) is 0 Å². The summed E-state index contributed by atoms with van der Waals surface area (Å²) in [6, 6.07) is 27.1.